The molecule has 2 amide bonds. The summed E-state index contributed by atoms with van der Waals surface area (Å²) in [4.78, 5) is 27.7. The first-order chi connectivity index (χ1) is 13.7. The third-order valence-corrected chi connectivity index (χ3v) is 6.95. The summed E-state index contributed by atoms with van der Waals surface area (Å²) in [7, 11) is 0. The summed E-state index contributed by atoms with van der Waals surface area (Å²) in [5.41, 5.74) is 1.62. The van der Waals surface area contributed by atoms with Gasteiger partial charge in [-0.1, -0.05) is 52.8 Å². The van der Waals surface area contributed by atoms with E-state index in [2.05, 4.69) is 58.5 Å². The topological polar surface area (TPSA) is 40.6 Å². The lowest BCUT2D eigenvalue weighted by Gasteiger charge is -2.32. The van der Waals surface area contributed by atoms with Crippen LogP contribution in [0.2, 0.25) is 0 Å². The number of benzene rings is 1. The number of thiophene rings is 1. The Bertz CT molecular complexity index is 915. The monoisotopic (exact) mass is 412 g/mol. The van der Waals surface area contributed by atoms with Crippen LogP contribution in [0.3, 0.4) is 0 Å². The molecule has 1 saturated heterocycles. The second-order valence-corrected chi connectivity index (χ2v) is 10.1. The van der Waals surface area contributed by atoms with Crippen molar-refractivity contribution >= 4 is 38.2 Å². The molecule has 156 valence electrons. The lowest BCUT2D eigenvalue weighted by Crippen LogP contribution is -2.51. The predicted molar refractivity (Wildman–Crippen MR) is 123 cm³/mol. The van der Waals surface area contributed by atoms with Gasteiger partial charge in [-0.05, 0) is 53.3 Å². The van der Waals surface area contributed by atoms with E-state index in [1.807, 2.05) is 4.90 Å². The largest absolute Gasteiger partial charge is 0.328 e. The van der Waals surface area contributed by atoms with Crippen LogP contribution >= 0.6 is 11.3 Å². The number of hydrogen-bond donors (Lipinski definition) is 0. The number of hydrogen-bond acceptors (Lipinski definition) is 3. The van der Waals surface area contributed by atoms with Crippen molar-refractivity contribution in [2.75, 3.05) is 24.5 Å². The zero-order chi connectivity index (χ0) is 21.2. The summed E-state index contributed by atoms with van der Waals surface area (Å²) in [6.07, 6.45) is 4.77. The third-order valence-electron chi connectivity index (χ3n) is 5.83. The molecule has 0 aliphatic carbocycles. The number of anilines is 1. The Kier molecular flexibility index (Phi) is 6.47. The Hall–Kier alpha value is -2.14. The van der Waals surface area contributed by atoms with Crippen molar-refractivity contribution in [1.82, 2.24) is 4.90 Å². The molecular weight excluding hydrogens is 380 g/mol. The average molecular weight is 413 g/mol. The Morgan fingerprint density at radius 1 is 1.31 bits per heavy atom. The highest BCUT2D eigenvalue weighted by Gasteiger charge is 2.28. The van der Waals surface area contributed by atoms with E-state index in [0.29, 0.717) is 13.1 Å². The van der Waals surface area contributed by atoms with Gasteiger partial charge in [0.2, 0.25) is 11.8 Å². The van der Waals surface area contributed by atoms with Crippen LogP contribution in [0, 0.1) is 11.3 Å². The summed E-state index contributed by atoms with van der Waals surface area (Å²) in [5, 5.41) is 2.14. The molecule has 0 saturated carbocycles. The Labute approximate surface area is 178 Å². The molecule has 1 atom stereocenters. The van der Waals surface area contributed by atoms with Crippen molar-refractivity contribution in [3.05, 3.63) is 42.5 Å². The van der Waals surface area contributed by atoms with Crippen molar-refractivity contribution in [3.63, 3.8) is 0 Å². The van der Waals surface area contributed by atoms with Gasteiger partial charge in [0.25, 0.3) is 0 Å². The van der Waals surface area contributed by atoms with Crippen LogP contribution in [-0.2, 0) is 16.0 Å². The number of piperazine rings is 1. The molecule has 29 heavy (non-hydrogen) atoms. The smallest absolute Gasteiger partial charge is 0.247 e. The van der Waals surface area contributed by atoms with Gasteiger partial charge >= 0.3 is 0 Å². The fourth-order valence-corrected chi connectivity index (χ4v) is 5.41. The minimum atomic E-state index is -0.181. The quantitative estimate of drug-likeness (QED) is 0.582. The summed E-state index contributed by atoms with van der Waals surface area (Å²) < 4.78 is 1.22. The second-order valence-electron chi connectivity index (χ2n) is 9.02. The average Bonchev–Trinajstić information content (AvgIpc) is 3.09. The fraction of sp³-hybridized carbons (Fsp3) is 0.500. The van der Waals surface area contributed by atoms with E-state index in [4.69, 9.17) is 0 Å². The van der Waals surface area contributed by atoms with Crippen molar-refractivity contribution in [2.24, 2.45) is 11.3 Å². The lowest BCUT2D eigenvalue weighted by atomic mass is 9.78. The normalized spacial score (nSPS) is 16.3. The molecule has 0 N–H and O–H groups in total. The van der Waals surface area contributed by atoms with E-state index >= 15 is 0 Å². The number of amides is 2. The zero-order valence-corrected chi connectivity index (χ0v) is 18.8. The van der Waals surface area contributed by atoms with Gasteiger partial charge in [0.15, 0.2) is 0 Å². The summed E-state index contributed by atoms with van der Waals surface area (Å²) in [6.45, 7) is 14.0. The van der Waals surface area contributed by atoms with E-state index in [9.17, 15) is 9.59 Å². The minimum Gasteiger partial charge on any atom is -0.328 e. The van der Waals surface area contributed by atoms with Crippen LogP contribution in [0.4, 0.5) is 5.00 Å². The number of fused-ring (bicyclic) bond motifs is 1. The van der Waals surface area contributed by atoms with E-state index in [0.717, 1.165) is 17.3 Å². The van der Waals surface area contributed by atoms with Gasteiger partial charge in [-0.25, -0.2) is 0 Å². The van der Waals surface area contributed by atoms with Crippen molar-refractivity contribution in [2.45, 2.75) is 47.0 Å². The highest BCUT2D eigenvalue weighted by molar-refractivity contribution is 7.23. The molecule has 1 aromatic heterocycles. The number of nitrogens with zero attached hydrogens (tertiary/aromatic N) is 2. The molecule has 1 aliphatic heterocycles. The molecule has 0 bridgehead atoms. The van der Waals surface area contributed by atoms with Gasteiger partial charge in [0.1, 0.15) is 6.54 Å². The molecule has 2 aromatic rings. The zero-order valence-electron chi connectivity index (χ0n) is 18.0. The molecule has 2 heterocycles. The highest BCUT2D eigenvalue weighted by atomic mass is 32.1. The Balaban J connectivity index is 1.75. The number of rotatable bonds is 7. The molecule has 0 spiro atoms. The first-order valence-electron chi connectivity index (χ1n) is 10.5. The summed E-state index contributed by atoms with van der Waals surface area (Å²) in [6, 6.07) is 8.77. The molecule has 1 unspecified atom stereocenters. The van der Waals surface area contributed by atoms with Gasteiger partial charge < -0.3 is 9.80 Å². The molecule has 1 fully saturated rings. The highest BCUT2D eigenvalue weighted by Crippen LogP contribution is 2.36. The minimum absolute atomic E-state index is 0.0343. The van der Waals surface area contributed by atoms with Gasteiger partial charge in [-0.3, -0.25) is 9.59 Å². The SMILES string of the molecule is C=CC(=O)N1CCN(c2cc3ccc(CC(C)(C)CC(C)CC)cc3s2)C(=O)C1. The standard InChI is InChI=1S/C24H32N2O2S/c1-6-17(3)14-24(4,5)15-18-8-9-19-13-23(29-20(19)12-18)26-11-10-25(16-22(26)28)21(27)7-2/h7-9,12-13,17H,2,6,10-11,14-16H2,1,3-5H3. The van der Waals surface area contributed by atoms with Gasteiger partial charge in [-0.15, -0.1) is 11.3 Å². The van der Waals surface area contributed by atoms with Gasteiger partial charge in [-0.2, -0.15) is 0 Å². The van der Waals surface area contributed by atoms with Crippen molar-refractivity contribution < 1.29 is 9.59 Å². The molecule has 5 heteroatoms. The van der Waals surface area contributed by atoms with Crippen LogP contribution in [0.1, 0.15) is 46.1 Å². The molecule has 1 aromatic carbocycles. The molecule has 0 radical (unpaired) electrons. The Morgan fingerprint density at radius 3 is 2.72 bits per heavy atom. The summed E-state index contributed by atoms with van der Waals surface area (Å²) in [5.74, 6) is 0.520. The van der Waals surface area contributed by atoms with Crippen LogP contribution in [0.25, 0.3) is 10.1 Å². The van der Waals surface area contributed by atoms with E-state index in [1.165, 1.54) is 34.6 Å². The maximum absolute atomic E-state index is 12.6. The number of carbonyl (C=O) groups is 2. The second kappa shape index (κ2) is 8.70. The van der Waals surface area contributed by atoms with Crippen LogP contribution in [0.5, 0.6) is 0 Å². The molecule has 1 aliphatic rings. The number of carbonyl (C=O) groups excluding carboxylic acids is 2. The van der Waals surface area contributed by atoms with Gasteiger partial charge in [0.05, 0.1) is 5.00 Å². The maximum atomic E-state index is 12.6. The van der Waals surface area contributed by atoms with E-state index in [1.54, 1.807) is 16.2 Å². The predicted octanol–water partition coefficient (Wildman–Crippen LogP) is 5.27. The molecular formula is C24H32N2O2S. The van der Waals surface area contributed by atoms with Crippen LogP contribution in [-0.4, -0.2) is 36.3 Å². The van der Waals surface area contributed by atoms with Crippen molar-refractivity contribution in [1.29, 1.82) is 0 Å². The fourth-order valence-electron chi connectivity index (χ4n) is 4.24. The first kappa shape index (κ1) is 21.6. The molecule has 3 rings (SSSR count). The maximum Gasteiger partial charge on any atom is 0.247 e. The Morgan fingerprint density at radius 2 is 2.07 bits per heavy atom. The van der Waals surface area contributed by atoms with E-state index < -0.39 is 0 Å². The summed E-state index contributed by atoms with van der Waals surface area (Å²) >= 11 is 1.66. The lowest BCUT2D eigenvalue weighted by molar-refractivity contribution is -0.133. The van der Waals surface area contributed by atoms with Crippen LogP contribution in [0.15, 0.2) is 36.9 Å². The van der Waals surface area contributed by atoms with Crippen molar-refractivity contribution in [3.8, 4) is 0 Å². The molecule has 4 nitrogen and oxygen atoms in total. The van der Waals surface area contributed by atoms with E-state index in [-0.39, 0.29) is 23.8 Å². The van der Waals surface area contributed by atoms with Crippen LogP contribution < -0.4 is 4.90 Å². The third kappa shape index (κ3) is 5.08. The first-order valence-corrected chi connectivity index (χ1v) is 11.3. The van der Waals surface area contributed by atoms with Gasteiger partial charge in [0, 0.05) is 17.8 Å².